The van der Waals surface area contributed by atoms with Crippen molar-refractivity contribution < 1.29 is 9.53 Å². The van der Waals surface area contributed by atoms with Crippen molar-refractivity contribution in [2.45, 2.75) is 33.2 Å². The number of hydrogen-bond acceptors (Lipinski definition) is 4. The van der Waals surface area contributed by atoms with Crippen LogP contribution in [0.15, 0.2) is 4.99 Å². The maximum absolute atomic E-state index is 11.7. The van der Waals surface area contributed by atoms with E-state index in [-0.39, 0.29) is 30.1 Å². The third kappa shape index (κ3) is 7.42. The molecule has 1 aliphatic rings. The summed E-state index contributed by atoms with van der Waals surface area (Å²) in [6, 6.07) is 0.590. The summed E-state index contributed by atoms with van der Waals surface area (Å²) < 4.78 is 5.04. The first-order valence-electron chi connectivity index (χ1n) is 8.60. The molecule has 0 aromatic heterocycles. The van der Waals surface area contributed by atoms with Gasteiger partial charge in [-0.05, 0) is 27.3 Å². The first-order valence-corrected chi connectivity index (χ1v) is 8.60. The lowest BCUT2D eigenvalue weighted by Crippen LogP contribution is -2.54. The van der Waals surface area contributed by atoms with E-state index in [4.69, 9.17) is 4.74 Å². The minimum atomic E-state index is -0.217. The third-order valence-electron chi connectivity index (χ3n) is 4.41. The average Bonchev–Trinajstić information content (AvgIpc) is 2.58. The molecule has 7 nitrogen and oxygen atoms in total. The quantitative estimate of drug-likeness (QED) is 0.375. The lowest BCUT2D eigenvalue weighted by molar-refractivity contribution is 0.0914. The summed E-state index contributed by atoms with van der Waals surface area (Å²) in [6.45, 7) is 11.4. The van der Waals surface area contributed by atoms with Crippen molar-refractivity contribution in [3.05, 3.63) is 0 Å². The van der Waals surface area contributed by atoms with E-state index in [2.05, 4.69) is 41.0 Å². The van der Waals surface area contributed by atoms with Crippen LogP contribution < -0.4 is 5.32 Å². The van der Waals surface area contributed by atoms with E-state index in [1.54, 1.807) is 11.9 Å². The van der Waals surface area contributed by atoms with Gasteiger partial charge in [0.15, 0.2) is 5.96 Å². The molecule has 1 atom stereocenters. The Hall–Kier alpha value is -0.770. The van der Waals surface area contributed by atoms with E-state index in [0.29, 0.717) is 25.7 Å². The third-order valence-corrected chi connectivity index (χ3v) is 4.41. The van der Waals surface area contributed by atoms with Gasteiger partial charge in [-0.3, -0.25) is 4.99 Å². The van der Waals surface area contributed by atoms with Gasteiger partial charge in [0.2, 0.25) is 0 Å². The van der Waals surface area contributed by atoms with Crippen molar-refractivity contribution in [2.24, 2.45) is 4.99 Å². The Morgan fingerprint density at radius 3 is 2.33 bits per heavy atom. The normalized spacial score (nSPS) is 16.7. The summed E-state index contributed by atoms with van der Waals surface area (Å²) in [5.41, 5.74) is 0. The molecule has 0 aromatic rings. The molecule has 142 valence electrons. The first-order chi connectivity index (χ1) is 11.0. The van der Waals surface area contributed by atoms with Gasteiger partial charge in [0.05, 0.1) is 6.61 Å². The molecule has 0 radical (unpaired) electrons. The van der Waals surface area contributed by atoms with Crippen LogP contribution in [0.2, 0.25) is 0 Å². The highest BCUT2D eigenvalue weighted by Crippen LogP contribution is 2.04. The van der Waals surface area contributed by atoms with Gasteiger partial charge in [0.25, 0.3) is 0 Å². The number of halogens is 1. The van der Waals surface area contributed by atoms with Crippen molar-refractivity contribution in [3.63, 3.8) is 0 Å². The van der Waals surface area contributed by atoms with Gasteiger partial charge in [-0.15, -0.1) is 24.0 Å². The maximum Gasteiger partial charge on any atom is 0.409 e. The molecule has 8 heteroatoms. The Labute approximate surface area is 163 Å². The van der Waals surface area contributed by atoms with Crippen LogP contribution in [-0.4, -0.2) is 92.8 Å². The highest BCUT2D eigenvalue weighted by molar-refractivity contribution is 14.0. The molecule has 1 unspecified atom stereocenters. The summed E-state index contributed by atoms with van der Waals surface area (Å²) in [7, 11) is 3.95. The molecule has 0 aliphatic carbocycles. The minimum Gasteiger partial charge on any atom is -0.450 e. The summed E-state index contributed by atoms with van der Waals surface area (Å²) in [6.07, 6.45) is 0.936. The molecule has 1 saturated heterocycles. The van der Waals surface area contributed by atoms with Crippen LogP contribution in [0.25, 0.3) is 0 Å². The van der Waals surface area contributed by atoms with Crippen molar-refractivity contribution in [3.8, 4) is 0 Å². The van der Waals surface area contributed by atoms with Gasteiger partial charge in [-0.1, -0.05) is 6.92 Å². The van der Waals surface area contributed by atoms with Crippen molar-refractivity contribution in [1.82, 2.24) is 20.0 Å². The largest absolute Gasteiger partial charge is 0.450 e. The summed E-state index contributed by atoms with van der Waals surface area (Å²) in [5, 5.41) is 3.42. The Morgan fingerprint density at radius 2 is 1.83 bits per heavy atom. The van der Waals surface area contributed by atoms with Gasteiger partial charge in [0, 0.05) is 52.4 Å². The topological polar surface area (TPSA) is 60.4 Å². The molecular formula is C16H34IN5O2. The molecule has 1 amide bonds. The Morgan fingerprint density at radius 1 is 1.25 bits per heavy atom. The average molecular weight is 455 g/mol. The molecule has 0 bridgehead atoms. The monoisotopic (exact) mass is 455 g/mol. The van der Waals surface area contributed by atoms with Crippen LogP contribution in [0.1, 0.15) is 27.2 Å². The maximum atomic E-state index is 11.7. The SMILES string of the molecule is CCOC(=O)N1CCN(C(=NC)NCCN(C)C(C)CC)CC1.I. The zero-order valence-electron chi connectivity index (χ0n) is 15.7. The van der Waals surface area contributed by atoms with Crippen LogP contribution >= 0.6 is 24.0 Å². The number of amides is 1. The minimum absolute atomic E-state index is 0. The van der Waals surface area contributed by atoms with Gasteiger partial charge < -0.3 is 24.8 Å². The molecule has 1 aliphatic heterocycles. The molecule has 1 heterocycles. The number of carbonyl (C=O) groups excluding carboxylic acids is 1. The second-order valence-corrected chi connectivity index (χ2v) is 5.88. The number of guanidine groups is 1. The molecule has 0 saturated carbocycles. The summed E-state index contributed by atoms with van der Waals surface area (Å²) >= 11 is 0. The van der Waals surface area contributed by atoms with Crippen LogP contribution in [0.4, 0.5) is 4.79 Å². The van der Waals surface area contributed by atoms with Crippen LogP contribution in [-0.2, 0) is 4.74 Å². The molecule has 0 spiro atoms. The summed E-state index contributed by atoms with van der Waals surface area (Å²) in [5.74, 6) is 0.908. The number of ether oxygens (including phenoxy) is 1. The number of nitrogens with zero attached hydrogens (tertiary/aromatic N) is 4. The van der Waals surface area contributed by atoms with Crippen LogP contribution in [0.5, 0.6) is 0 Å². The molecular weight excluding hydrogens is 421 g/mol. The number of likely N-dealkylation sites (N-methyl/N-ethyl adjacent to an activating group) is 1. The van der Waals surface area contributed by atoms with Gasteiger partial charge >= 0.3 is 6.09 Å². The second kappa shape index (κ2) is 12.6. The van der Waals surface area contributed by atoms with E-state index < -0.39 is 0 Å². The highest BCUT2D eigenvalue weighted by atomic mass is 127. The number of carbonyl (C=O) groups is 1. The molecule has 1 N–H and O–H groups in total. The number of hydrogen-bond donors (Lipinski definition) is 1. The first kappa shape index (κ1) is 23.2. The highest BCUT2D eigenvalue weighted by Gasteiger charge is 2.23. The second-order valence-electron chi connectivity index (χ2n) is 5.88. The van der Waals surface area contributed by atoms with E-state index >= 15 is 0 Å². The standard InChI is InChI=1S/C16H33N5O2.HI/c1-6-14(3)19(5)9-8-18-15(17-4)20-10-12-21(13-11-20)16(22)23-7-2;/h14H,6-13H2,1-5H3,(H,17,18);1H. The number of aliphatic imine (C=N–C) groups is 1. The van der Waals surface area contributed by atoms with E-state index in [1.807, 2.05) is 6.92 Å². The van der Waals surface area contributed by atoms with Gasteiger partial charge in [0.1, 0.15) is 0 Å². The number of rotatable bonds is 6. The smallest absolute Gasteiger partial charge is 0.409 e. The van der Waals surface area contributed by atoms with E-state index in [1.165, 1.54) is 0 Å². The fourth-order valence-corrected chi connectivity index (χ4v) is 2.52. The van der Waals surface area contributed by atoms with Gasteiger partial charge in [-0.2, -0.15) is 0 Å². The molecule has 1 fully saturated rings. The Balaban J connectivity index is 0.00000529. The zero-order chi connectivity index (χ0) is 17.2. The fourth-order valence-electron chi connectivity index (χ4n) is 2.52. The molecule has 24 heavy (non-hydrogen) atoms. The lowest BCUT2D eigenvalue weighted by Gasteiger charge is -2.36. The fraction of sp³-hybridized carbons (Fsp3) is 0.875. The van der Waals surface area contributed by atoms with Crippen LogP contribution in [0, 0.1) is 0 Å². The van der Waals surface area contributed by atoms with Gasteiger partial charge in [-0.25, -0.2) is 4.79 Å². The number of nitrogens with one attached hydrogen (secondary N) is 1. The lowest BCUT2D eigenvalue weighted by atomic mass is 10.2. The van der Waals surface area contributed by atoms with Crippen molar-refractivity contribution >= 4 is 36.0 Å². The molecule has 1 rings (SSSR count). The van der Waals surface area contributed by atoms with Crippen LogP contribution in [0.3, 0.4) is 0 Å². The van der Waals surface area contributed by atoms with E-state index in [9.17, 15) is 4.79 Å². The zero-order valence-corrected chi connectivity index (χ0v) is 18.1. The molecule has 0 aromatic carbocycles. The van der Waals surface area contributed by atoms with Crippen molar-refractivity contribution in [1.29, 1.82) is 0 Å². The number of piperazine rings is 1. The Kier molecular flexibility index (Phi) is 12.2. The predicted octanol–water partition coefficient (Wildman–Crippen LogP) is 1.68. The van der Waals surface area contributed by atoms with Crippen molar-refractivity contribution in [2.75, 3.05) is 60.0 Å². The summed E-state index contributed by atoms with van der Waals surface area (Å²) in [4.78, 5) is 22.4. The van der Waals surface area contributed by atoms with E-state index in [0.717, 1.165) is 38.6 Å². The predicted molar refractivity (Wildman–Crippen MR) is 109 cm³/mol. The Bertz CT molecular complexity index is 387.